The maximum atomic E-state index is 13.1. The van der Waals surface area contributed by atoms with Crippen molar-refractivity contribution in [1.29, 1.82) is 5.26 Å². The molecular weight excluding hydrogens is 418 g/mol. The number of nitriles is 1. The van der Waals surface area contributed by atoms with E-state index < -0.39 is 10.0 Å². The minimum atomic E-state index is -3.57. The van der Waals surface area contributed by atoms with Gasteiger partial charge in [0.1, 0.15) is 0 Å². The average molecular weight is 444 g/mol. The Bertz CT molecular complexity index is 1220. The Morgan fingerprint density at radius 2 is 1.28 bits per heavy atom. The van der Waals surface area contributed by atoms with Crippen molar-refractivity contribution in [1.82, 2.24) is 9.21 Å². The molecule has 1 fully saturated rings. The molecule has 1 heterocycles. The van der Waals surface area contributed by atoms with Gasteiger partial charge in [0, 0.05) is 26.2 Å². The Hall–Kier alpha value is -2.98. The zero-order valence-electron chi connectivity index (χ0n) is 17.8. The molecule has 0 bridgehead atoms. The third-order valence-electron chi connectivity index (χ3n) is 6.62. The van der Waals surface area contributed by atoms with Gasteiger partial charge in [0.2, 0.25) is 10.0 Å². The van der Waals surface area contributed by atoms with Gasteiger partial charge in [-0.2, -0.15) is 9.57 Å². The number of fused-ring (bicyclic) bond motifs is 2. The van der Waals surface area contributed by atoms with Gasteiger partial charge in [0.15, 0.2) is 0 Å². The molecule has 0 spiro atoms. The van der Waals surface area contributed by atoms with Crippen LogP contribution in [0.4, 0.5) is 0 Å². The minimum absolute atomic E-state index is 0.143. The first-order valence-electron chi connectivity index (χ1n) is 11.0. The zero-order chi connectivity index (χ0) is 22.1. The van der Waals surface area contributed by atoms with Crippen molar-refractivity contribution in [2.45, 2.75) is 23.8 Å². The molecule has 5 rings (SSSR count). The summed E-state index contributed by atoms with van der Waals surface area (Å²) in [5.41, 5.74) is 5.88. The van der Waals surface area contributed by atoms with Crippen molar-refractivity contribution >= 4 is 10.0 Å². The monoisotopic (exact) mass is 443 g/mol. The summed E-state index contributed by atoms with van der Waals surface area (Å²) in [6.07, 6.45) is 2.05. The molecular formula is C26H25N3O2S. The van der Waals surface area contributed by atoms with Crippen molar-refractivity contribution in [2.24, 2.45) is 0 Å². The highest BCUT2D eigenvalue weighted by Crippen LogP contribution is 2.37. The Balaban J connectivity index is 1.41. The van der Waals surface area contributed by atoms with Crippen LogP contribution in [0.1, 0.15) is 33.9 Å². The molecule has 0 radical (unpaired) electrons. The summed E-state index contributed by atoms with van der Waals surface area (Å²) >= 11 is 0. The molecule has 2 aliphatic rings. The number of benzene rings is 3. The lowest BCUT2D eigenvalue weighted by Gasteiger charge is -2.39. The average Bonchev–Trinajstić information content (AvgIpc) is 3.01. The first kappa shape index (κ1) is 20.9. The van der Waals surface area contributed by atoms with Crippen LogP contribution in [-0.4, -0.2) is 43.8 Å². The molecule has 0 N–H and O–H groups in total. The number of hydrogen-bond donors (Lipinski definition) is 0. The summed E-state index contributed by atoms with van der Waals surface area (Å²) < 4.78 is 27.9. The smallest absolute Gasteiger partial charge is 0.243 e. The molecule has 6 heteroatoms. The zero-order valence-corrected chi connectivity index (χ0v) is 18.6. The van der Waals surface area contributed by atoms with Crippen molar-refractivity contribution in [3.05, 3.63) is 101 Å². The van der Waals surface area contributed by atoms with Crippen LogP contribution in [0.15, 0.2) is 77.7 Å². The molecule has 3 aromatic rings. The van der Waals surface area contributed by atoms with Crippen molar-refractivity contribution in [3.8, 4) is 6.07 Å². The second kappa shape index (κ2) is 8.51. The molecule has 5 nitrogen and oxygen atoms in total. The summed E-state index contributed by atoms with van der Waals surface area (Å²) in [5, 5.41) is 8.98. The van der Waals surface area contributed by atoms with Crippen LogP contribution in [0.2, 0.25) is 0 Å². The highest BCUT2D eigenvalue weighted by Gasteiger charge is 2.34. The van der Waals surface area contributed by atoms with E-state index >= 15 is 0 Å². The molecule has 1 aliphatic heterocycles. The largest absolute Gasteiger partial charge is 0.290 e. The summed E-state index contributed by atoms with van der Waals surface area (Å²) in [7, 11) is -3.57. The van der Waals surface area contributed by atoms with Crippen LogP contribution in [0, 0.1) is 11.3 Å². The van der Waals surface area contributed by atoms with Crippen molar-refractivity contribution in [3.63, 3.8) is 0 Å². The lowest BCUT2D eigenvalue weighted by atomic mass is 9.93. The van der Waals surface area contributed by atoms with Crippen LogP contribution < -0.4 is 0 Å². The Morgan fingerprint density at radius 3 is 1.81 bits per heavy atom. The van der Waals surface area contributed by atoms with Gasteiger partial charge in [-0.15, -0.1) is 0 Å². The molecule has 1 aliphatic carbocycles. The van der Waals surface area contributed by atoms with E-state index in [4.69, 9.17) is 5.26 Å². The maximum Gasteiger partial charge on any atom is 0.243 e. The van der Waals surface area contributed by atoms with Gasteiger partial charge < -0.3 is 0 Å². The summed E-state index contributed by atoms with van der Waals surface area (Å²) in [6.45, 7) is 2.23. The van der Waals surface area contributed by atoms with E-state index in [0.29, 0.717) is 31.7 Å². The first-order chi connectivity index (χ1) is 15.6. The van der Waals surface area contributed by atoms with E-state index in [-0.39, 0.29) is 10.9 Å². The SMILES string of the molecule is N#Cc1ccc(S(=O)(=O)N2CCN(C3c4ccccc4CCc4ccccc43)CC2)cc1. The Kier molecular flexibility index (Phi) is 5.56. The highest BCUT2D eigenvalue weighted by atomic mass is 32.2. The fraction of sp³-hybridized carbons (Fsp3) is 0.269. The molecule has 162 valence electrons. The predicted molar refractivity (Wildman–Crippen MR) is 124 cm³/mol. The van der Waals surface area contributed by atoms with E-state index in [2.05, 4.69) is 53.4 Å². The van der Waals surface area contributed by atoms with Gasteiger partial charge in [-0.3, -0.25) is 4.90 Å². The van der Waals surface area contributed by atoms with Crippen LogP contribution in [0.25, 0.3) is 0 Å². The molecule has 0 aromatic heterocycles. The number of rotatable bonds is 3. The van der Waals surface area contributed by atoms with Gasteiger partial charge in [-0.1, -0.05) is 48.5 Å². The molecule has 3 aromatic carbocycles. The third-order valence-corrected chi connectivity index (χ3v) is 8.54. The molecule has 32 heavy (non-hydrogen) atoms. The van der Waals surface area contributed by atoms with Crippen molar-refractivity contribution < 1.29 is 8.42 Å². The second-order valence-corrected chi connectivity index (χ2v) is 10.3. The van der Waals surface area contributed by atoms with E-state index in [0.717, 1.165) is 12.8 Å². The molecule has 0 atom stereocenters. The van der Waals surface area contributed by atoms with E-state index in [1.807, 2.05) is 6.07 Å². The molecule has 0 unspecified atom stereocenters. The summed E-state index contributed by atoms with van der Waals surface area (Å²) in [4.78, 5) is 2.67. The number of nitrogens with zero attached hydrogens (tertiary/aromatic N) is 3. The third kappa shape index (κ3) is 3.73. The van der Waals surface area contributed by atoms with Gasteiger partial charge in [0.25, 0.3) is 0 Å². The summed E-state index contributed by atoms with van der Waals surface area (Å²) in [6, 6.07) is 25.7. The van der Waals surface area contributed by atoms with Gasteiger partial charge in [-0.25, -0.2) is 8.42 Å². The predicted octanol–water partition coefficient (Wildman–Crippen LogP) is 3.75. The Morgan fingerprint density at radius 1 is 0.750 bits per heavy atom. The van der Waals surface area contributed by atoms with Gasteiger partial charge in [0.05, 0.1) is 22.6 Å². The van der Waals surface area contributed by atoms with Gasteiger partial charge >= 0.3 is 0 Å². The quantitative estimate of drug-likeness (QED) is 0.618. The number of hydrogen-bond acceptors (Lipinski definition) is 4. The lowest BCUT2D eigenvalue weighted by molar-refractivity contribution is 0.155. The van der Waals surface area contributed by atoms with Gasteiger partial charge in [-0.05, 0) is 59.4 Å². The van der Waals surface area contributed by atoms with Crippen LogP contribution >= 0.6 is 0 Å². The normalized spacial score (nSPS) is 17.7. The highest BCUT2D eigenvalue weighted by molar-refractivity contribution is 7.89. The van der Waals surface area contributed by atoms with Crippen LogP contribution in [0.5, 0.6) is 0 Å². The maximum absolute atomic E-state index is 13.1. The number of piperazine rings is 1. The summed E-state index contributed by atoms with van der Waals surface area (Å²) in [5.74, 6) is 0. The fourth-order valence-corrected chi connectivity index (χ4v) is 6.36. The lowest BCUT2D eigenvalue weighted by Crippen LogP contribution is -2.49. The topological polar surface area (TPSA) is 64.4 Å². The minimum Gasteiger partial charge on any atom is -0.290 e. The van der Waals surface area contributed by atoms with E-state index in [1.54, 1.807) is 16.4 Å². The number of aryl methyl sites for hydroxylation is 2. The van der Waals surface area contributed by atoms with Crippen LogP contribution in [-0.2, 0) is 22.9 Å². The molecule has 0 amide bonds. The molecule has 1 saturated heterocycles. The fourth-order valence-electron chi connectivity index (χ4n) is 4.94. The number of sulfonamides is 1. The molecule has 0 saturated carbocycles. The second-order valence-electron chi connectivity index (χ2n) is 8.38. The Labute approximate surface area is 189 Å². The van der Waals surface area contributed by atoms with E-state index in [9.17, 15) is 8.42 Å². The van der Waals surface area contributed by atoms with Crippen molar-refractivity contribution in [2.75, 3.05) is 26.2 Å². The van der Waals surface area contributed by atoms with Crippen LogP contribution in [0.3, 0.4) is 0 Å². The first-order valence-corrected chi connectivity index (χ1v) is 12.4. The standard InChI is InChI=1S/C26H25N3O2S/c27-19-20-9-13-23(14-10-20)32(30,31)29-17-15-28(16-18-29)26-24-7-3-1-5-21(24)11-12-22-6-2-4-8-25(22)26/h1-10,13-14,26H,11-12,15-18H2. The van der Waals surface area contributed by atoms with E-state index in [1.165, 1.54) is 34.4 Å².